The zero-order valence-corrected chi connectivity index (χ0v) is 23.8. The van der Waals surface area contributed by atoms with Gasteiger partial charge in [-0.1, -0.05) is 13.8 Å². The first-order chi connectivity index (χ1) is 19.3. The Morgan fingerprint density at radius 2 is 0.925 bits per heavy atom. The van der Waals surface area contributed by atoms with Crippen molar-refractivity contribution in [2.24, 2.45) is 11.8 Å². The molecule has 4 rings (SSSR count). The molecular formula is C32H42N4O4. The number of anilines is 2. The standard InChI is InChI=1S/C32H42N4O4/c1-23-15-19-35(20-16-23)31(39)25-7-11-27(12-8-25)33-29(37)5-3-4-6-30(38)34-28-13-9-26(10-14-28)32(40)36-21-17-24(2)18-22-36/h7-14,23-24H,3-6,15-22H2,1-2H3,(H,33,37)(H,34,38). The molecule has 214 valence electrons. The Bertz CT molecular complexity index is 1070. The topological polar surface area (TPSA) is 98.8 Å². The van der Waals surface area contributed by atoms with E-state index in [-0.39, 0.29) is 23.6 Å². The summed E-state index contributed by atoms with van der Waals surface area (Å²) >= 11 is 0. The second-order valence-corrected chi connectivity index (χ2v) is 11.4. The van der Waals surface area contributed by atoms with Gasteiger partial charge in [0.25, 0.3) is 11.8 Å². The van der Waals surface area contributed by atoms with Crippen LogP contribution in [0.3, 0.4) is 0 Å². The van der Waals surface area contributed by atoms with Crippen molar-refractivity contribution in [1.82, 2.24) is 9.80 Å². The lowest BCUT2D eigenvalue weighted by Crippen LogP contribution is -2.37. The van der Waals surface area contributed by atoms with Crippen molar-refractivity contribution in [1.29, 1.82) is 0 Å². The summed E-state index contributed by atoms with van der Waals surface area (Å²) < 4.78 is 0. The lowest BCUT2D eigenvalue weighted by molar-refractivity contribution is -0.118. The molecule has 2 aromatic rings. The molecule has 2 aliphatic heterocycles. The van der Waals surface area contributed by atoms with E-state index in [1.165, 1.54) is 0 Å². The van der Waals surface area contributed by atoms with E-state index in [0.29, 0.717) is 60.0 Å². The number of hydrogen-bond acceptors (Lipinski definition) is 4. The predicted molar refractivity (Wildman–Crippen MR) is 157 cm³/mol. The zero-order chi connectivity index (χ0) is 28.5. The first-order valence-corrected chi connectivity index (χ1v) is 14.7. The predicted octanol–water partition coefficient (Wildman–Crippen LogP) is 5.57. The maximum absolute atomic E-state index is 12.7. The van der Waals surface area contributed by atoms with Gasteiger partial charge in [-0.25, -0.2) is 0 Å². The average Bonchev–Trinajstić information content (AvgIpc) is 2.96. The first kappa shape index (κ1) is 29.3. The highest BCUT2D eigenvalue weighted by Crippen LogP contribution is 2.21. The number of benzene rings is 2. The molecule has 4 amide bonds. The highest BCUT2D eigenvalue weighted by molar-refractivity contribution is 5.97. The maximum Gasteiger partial charge on any atom is 0.253 e. The number of unbranched alkanes of at least 4 members (excludes halogenated alkanes) is 1. The highest BCUT2D eigenvalue weighted by Gasteiger charge is 2.22. The van der Waals surface area contributed by atoms with Crippen molar-refractivity contribution in [3.05, 3.63) is 59.7 Å². The van der Waals surface area contributed by atoms with Crippen molar-refractivity contribution in [2.45, 2.75) is 65.2 Å². The smallest absolute Gasteiger partial charge is 0.253 e. The molecule has 2 heterocycles. The van der Waals surface area contributed by atoms with Crippen molar-refractivity contribution in [3.63, 3.8) is 0 Å². The Balaban J connectivity index is 1.12. The quantitative estimate of drug-likeness (QED) is 0.402. The molecule has 0 saturated carbocycles. The molecule has 2 N–H and O–H groups in total. The molecule has 0 bridgehead atoms. The van der Waals surface area contributed by atoms with E-state index in [0.717, 1.165) is 51.9 Å². The molecule has 0 atom stereocenters. The number of carbonyl (C=O) groups excluding carboxylic acids is 4. The number of nitrogens with one attached hydrogen (secondary N) is 2. The summed E-state index contributed by atoms with van der Waals surface area (Å²) in [6.07, 6.45) is 5.95. The van der Waals surface area contributed by atoms with Gasteiger partial charge >= 0.3 is 0 Å². The summed E-state index contributed by atoms with van der Waals surface area (Å²) in [6.45, 7) is 7.61. The van der Waals surface area contributed by atoms with Gasteiger partial charge < -0.3 is 20.4 Å². The molecule has 8 nitrogen and oxygen atoms in total. The summed E-state index contributed by atoms with van der Waals surface area (Å²) in [5.41, 5.74) is 2.58. The van der Waals surface area contributed by atoms with Crippen molar-refractivity contribution in [3.8, 4) is 0 Å². The molecule has 0 spiro atoms. The molecule has 2 aliphatic rings. The molecule has 40 heavy (non-hydrogen) atoms. The van der Waals surface area contributed by atoms with Crippen LogP contribution in [-0.4, -0.2) is 59.6 Å². The van der Waals surface area contributed by atoms with Crippen LogP contribution in [0.4, 0.5) is 11.4 Å². The molecule has 0 aliphatic carbocycles. The minimum Gasteiger partial charge on any atom is -0.339 e. The molecular weight excluding hydrogens is 504 g/mol. The Morgan fingerprint density at radius 1 is 0.600 bits per heavy atom. The largest absolute Gasteiger partial charge is 0.339 e. The van der Waals surface area contributed by atoms with Crippen LogP contribution in [0.15, 0.2) is 48.5 Å². The Morgan fingerprint density at radius 3 is 1.25 bits per heavy atom. The van der Waals surface area contributed by atoms with Gasteiger partial charge in [-0.2, -0.15) is 0 Å². The second kappa shape index (κ2) is 14.1. The lowest BCUT2D eigenvalue weighted by atomic mass is 9.98. The van der Waals surface area contributed by atoms with Crippen molar-refractivity contribution >= 4 is 35.0 Å². The fraction of sp³-hybridized carbons (Fsp3) is 0.500. The third kappa shape index (κ3) is 8.41. The van der Waals surface area contributed by atoms with Gasteiger partial charge in [-0.05, 0) is 98.9 Å². The number of piperidine rings is 2. The normalized spacial score (nSPS) is 16.4. The third-order valence-electron chi connectivity index (χ3n) is 8.03. The highest BCUT2D eigenvalue weighted by atomic mass is 16.2. The molecule has 2 fully saturated rings. The summed E-state index contributed by atoms with van der Waals surface area (Å²) in [6, 6.07) is 14.1. The minimum atomic E-state index is -0.118. The fourth-order valence-electron chi connectivity index (χ4n) is 5.20. The Labute approximate surface area is 237 Å². The van der Waals surface area contributed by atoms with Crippen LogP contribution in [0.1, 0.15) is 85.9 Å². The molecule has 0 unspecified atom stereocenters. The van der Waals surface area contributed by atoms with Crippen LogP contribution >= 0.6 is 0 Å². The van der Waals surface area contributed by atoms with Crippen LogP contribution < -0.4 is 10.6 Å². The summed E-state index contributed by atoms with van der Waals surface area (Å²) in [5, 5.41) is 5.73. The number of carbonyl (C=O) groups is 4. The van der Waals surface area contributed by atoms with Crippen LogP contribution in [0.2, 0.25) is 0 Å². The van der Waals surface area contributed by atoms with Gasteiger partial charge in [0.15, 0.2) is 0 Å². The Kier molecular flexibility index (Phi) is 10.3. The van der Waals surface area contributed by atoms with Crippen LogP contribution in [0.25, 0.3) is 0 Å². The van der Waals surface area contributed by atoms with E-state index < -0.39 is 0 Å². The average molecular weight is 547 g/mol. The first-order valence-electron chi connectivity index (χ1n) is 14.7. The monoisotopic (exact) mass is 546 g/mol. The van der Waals surface area contributed by atoms with E-state index in [2.05, 4.69) is 24.5 Å². The van der Waals surface area contributed by atoms with E-state index in [4.69, 9.17) is 0 Å². The SMILES string of the molecule is CC1CCN(C(=O)c2ccc(NC(=O)CCCCC(=O)Nc3ccc(C(=O)N4CCC(C)CC4)cc3)cc2)CC1. The number of nitrogens with zero attached hydrogens (tertiary/aromatic N) is 2. The van der Waals surface area contributed by atoms with Crippen LogP contribution in [0, 0.1) is 11.8 Å². The Hall–Kier alpha value is -3.68. The van der Waals surface area contributed by atoms with Crippen LogP contribution in [-0.2, 0) is 9.59 Å². The van der Waals surface area contributed by atoms with Crippen molar-refractivity contribution < 1.29 is 19.2 Å². The van der Waals surface area contributed by atoms with E-state index >= 15 is 0 Å². The van der Waals surface area contributed by atoms with Gasteiger partial charge in [-0.3, -0.25) is 19.2 Å². The van der Waals surface area contributed by atoms with Gasteiger partial charge in [0, 0.05) is 61.5 Å². The lowest BCUT2D eigenvalue weighted by Gasteiger charge is -2.30. The molecule has 2 aromatic carbocycles. The van der Waals surface area contributed by atoms with Gasteiger partial charge in [0.2, 0.25) is 11.8 Å². The summed E-state index contributed by atoms with van der Waals surface area (Å²) in [5.74, 6) is 1.18. The van der Waals surface area contributed by atoms with Gasteiger partial charge in [-0.15, -0.1) is 0 Å². The minimum absolute atomic E-state index is 0.0413. The van der Waals surface area contributed by atoms with E-state index in [1.54, 1.807) is 48.5 Å². The molecule has 0 radical (unpaired) electrons. The maximum atomic E-state index is 12.7. The number of likely N-dealkylation sites (tertiary alicyclic amines) is 2. The third-order valence-corrected chi connectivity index (χ3v) is 8.03. The van der Waals surface area contributed by atoms with E-state index in [1.807, 2.05) is 9.80 Å². The summed E-state index contributed by atoms with van der Waals surface area (Å²) in [7, 11) is 0. The molecule has 0 aromatic heterocycles. The number of rotatable bonds is 9. The van der Waals surface area contributed by atoms with Crippen molar-refractivity contribution in [2.75, 3.05) is 36.8 Å². The second-order valence-electron chi connectivity index (χ2n) is 11.4. The fourth-order valence-corrected chi connectivity index (χ4v) is 5.20. The van der Waals surface area contributed by atoms with Gasteiger partial charge in [0.1, 0.15) is 0 Å². The molecule has 2 saturated heterocycles. The number of amides is 4. The summed E-state index contributed by atoms with van der Waals surface area (Å²) in [4.78, 5) is 53.9. The molecule has 8 heteroatoms. The zero-order valence-electron chi connectivity index (χ0n) is 23.8. The van der Waals surface area contributed by atoms with E-state index in [9.17, 15) is 19.2 Å². The number of hydrogen-bond donors (Lipinski definition) is 2. The van der Waals surface area contributed by atoms with Crippen LogP contribution in [0.5, 0.6) is 0 Å². The van der Waals surface area contributed by atoms with Gasteiger partial charge in [0.05, 0.1) is 0 Å².